The number of aliphatic hydroxyl groups excluding tert-OH is 1. The van der Waals surface area contributed by atoms with Crippen LogP contribution in [0.15, 0.2) is 24.3 Å². The van der Waals surface area contributed by atoms with Crippen LogP contribution in [-0.4, -0.2) is 44.1 Å². The van der Waals surface area contributed by atoms with E-state index in [0.29, 0.717) is 18.2 Å². The summed E-state index contributed by atoms with van der Waals surface area (Å²) in [7, 11) is 0. The van der Waals surface area contributed by atoms with Crippen molar-refractivity contribution < 1.29 is 19.0 Å². The van der Waals surface area contributed by atoms with Crippen molar-refractivity contribution in [3.63, 3.8) is 0 Å². The Balaban J connectivity index is 1.53. The largest absolute Gasteiger partial charge is 0.491 e. The van der Waals surface area contributed by atoms with Gasteiger partial charge in [0.25, 0.3) is 0 Å². The fraction of sp³-hybridized carbons (Fsp3) is 0.600. The Kier molecular flexibility index (Phi) is 6.24. The number of halogens is 1. The first-order valence-electron chi connectivity index (χ1n) is 7.09. The van der Waals surface area contributed by atoms with Gasteiger partial charge in [0.2, 0.25) is 0 Å². The first-order chi connectivity index (χ1) is 9.74. The van der Waals surface area contributed by atoms with Crippen LogP contribution in [-0.2, 0) is 4.74 Å². The van der Waals surface area contributed by atoms with E-state index in [2.05, 4.69) is 5.32 Å². The van der Waals surface area contributed by atoms with Crippen molar-refractivity contribution >= 4 is 0 Å². The van der Waals surface area contributed by atoms with Gasteiger partial charge in [-0.15, -0.1) is 0 Å². The Morgan fingerprint density at radius 3 is 2.90 bits per heavy atom. The highest BCUT2D eigenvalue weighted by atomic mass is 19.1. The minimum Gasteiger partial charge on any atom is -0.491 e. The van der Waals surface area contributed by atoms with E-state index >= 15 is 0 Å². The molecule has 1 saturated heterocycles. The van der Waals surface area contributed by atoms with Gasteiger partial charge in [-0.3, -0.25) is 0 Å². The predicted octanol–water partition coefficient (Wildman–Crippen LogP) is 1.58. The molecule has 0 saturated carbocycles. The molecular weight excluding hydrogens is 261 g/mol. The van der Waals surface area contributed by atoms with Crippen LogP contribution in [0.3, 0.4) is 0 Å². The second kappa shape index (κ2) is 8.19. The molecule has 2 atom stereocenters. The molecule has 0 aromatic heterocycles. The third kappa shape index (κ3) is 5.45. The maximum Gasteiger partial charge on any atom is 0.123 e. The van der Waals surface area contributed by atoms with Gasteiger partial charge >= 0.3 is 0 Å². The lowest BCUT2D eigenvalue weighted by Crippen LogP contribution is -2.32. The molecule has 2 rings (SSSR count). The minimum atomic E-state index is -0.570. The van der Waals surface area contributed by atoms with Crippen molar-refractivity contribution in [2.24, 2.45) is 5.92 Å². The molecule has 1 fully saturated rings. The van der Waals surface area contributed by atoms with E-state index < -0.39 is 6.10 Å². The second-order valence-electron chi connectivity index (χ2n) is 5.14. The smallest absolute Gasteiger partial charge is 0.123 e. The van der Waals surface area contributed by atoms with Crippen LogP contribution < -0.4 is 10.1 Å². The van der Waals surface area contributed by atoms with Crippen LogP contribution in [0, 0.1) is 11.7 Å². The van der Waals surface area contributed by atoms with E-state index in [9.17, 15) is 9.50 Å². The Labute approximate surface area is 118 Å². The summed E-state index contributed by atoms with van der Waals surface area (Å²) in [6, 6.07) is 5.78. The summed E-state index contributed by atoms with van der Waals surface area (Å²) in [5, 5.41) is 13.0. The second-order valence-corrected chi connectivity index (χ2v) is 5.14. The summed E-state index contributed by atoms with van der Waals surface area (Å²) in [5.74, 6) is 0.916. The molecular formula is C15H22FNO3. The molecule has 2 N–H and O–H groups in total. The molecule has 20 heavy (non-hydrogen) atoms. The first-order valence-corrected chi connectivity index (χ1v) is 7.09. The van der Waals surface area contributed by atoms with Crippen LogP contribution in [0.4, 0.5) is 4.39 Å². The van der Waals surface area contributed by atoms with Crippen LogP contribution in [0.2, 0.25) is 0 Å². The zero-order valence-electron chi connectivity index (χ0n) is 11.6. The van der Waals surface area contributed by atoms with Crippen molar-refractivity contribution in [2.75, 3.05) is 32.9 Å². The third-order valence-corrected chi connectivity index (χ3v) is 3.39. The Morgan fingerprint density at radius 2 is 2.20 bits per heavy atom. The van der Waals surface area contributed by atoms with Gasteiger partial charge in [0.15, 0.2) is 0 Å². The maximum atomic E-state index is 12.7. The molecule has 0 spiro atoms. The Morgan fingerprint density at radius 1 is 1.40 bits per heavy atom. The van der Waals surface area contributed by atoms with Gasteiger partial charge in [0.1, 0.15) is 24.3 Å². The number of aliphatic hydroxyl groups is 1. The highest BCUT2D eigenvalue weighted by Crippen LogP contribution is 2.15. The quantitative estimate of drug-likeness (QED) is 0.711. The van der Waals surface area contributed by atoms with Gasteiger partial charge in [-0.05, 0) is 49.6 Å². The average molecular weight is 283 g/mol. The number of rotatable bonds is 8. The molecule has 0 aliphatic carbocycles. The molecule has 1 aliphatic rings. The number of benzene rings is 1. The van der Waals surface area contributed by atoms with E-state index in [1.165, 1.54) is 12.1 Å². The summed E-state index contributed by atoms with van der Waals surface area (Å²) in [5.41, 5.74) is 0. The predicted molar refractivity (Wildman–Crippen MR) is 74.3 cm³/mol. The van der Waals surface area contributed by atoms with Gasteiger partial charge in [0.05, 0.1) is 0 Å². The summed E-state index contributed by atoms with van der Waals surface area (Å²) < 4.78 is 23.4. The molecule has 1 aromatic rings. The van der Waals surface area contributed by atoms with Crippen LogP contribution in [0.5, 0.6) is 5.75 Å². The number of hydrogen-bond acceptors (Lipinski definition) is 4. The van der Waals surface area contributed by atoms with E-state index in [1.807, 2.05) is 0 Å². The van der Waals surface area contributed by atoms with Crippen LogP contribution in [0.25, 0.3) is 0 Å². The number of hydrogen-bond donors (Lipinski definition) is 2. The Bertz CT molecular complexity index is 379. The van der Waals surface area contributed by atoms with Crippen molar-refractivity contribution in [1.82, 2.24) is 5.32 Å². The normalized spacial score (nSPS) is 20.0. The fourth-order valence-corrected chi connectivity index (χ4v) is 2.17. The van der Waals surface area contributed by atoms with Crippen molar-refractivity contribution in [1.29, 1.82) is 0 Å². The Hall–Kier alpha value is -1.17. The summed E-state index contributed by atoms with van der Waals surface area (Å²) >= 11 is 0. The third-order valence-electron chi connectivity index (χ3n) is 3.39. The topological polar surface area (TPSA) is 50.7 Å². The fourth-order valence-electron chi connectivity index (χ4n) is 2.17. The van der Waals surface area contributed by atoms with Gasteiger partial charge in [-0.2, -0.15) is 0 Å². The molecule has 0 radical (unpaired) electrons. The van der Waals surface area contributed by atoms with Crippen LogP contribution in [0.1, 0.15) is 12.8 Å². The molecule has 5 heteroatoms. The van der Waals surface area contributed by atoms with E-state index in [0.717, 1.165) is 32.6 Å². The molecule has 1 aromatic carbocycles. The van der Waals surface area contributed by atoms with Crippen molar-refractivity contribution in [3.05, 3.63) is 30.1 Å². The summed E-state index contributed by atoms with van der Waals surface area (Å²) in [4.78, 5) is 0. The van der Waals surface area contributed by atoms with Crippen molar-refractivity contribution in [2.45, 2.75) is 18.9 Å². The van der Waals surface area contributed by atoms with Gasteiger partial charge in [-0.25, -0.2) is 4.39 Å². The lowest BCUT2D eigenvalue weighted by atomic mass is 10.1. The SMILES string of the molecule is OC(CNCCC1CCOC1)COc1ccc(F)cc1. The first kappa shape index (κ1) is 15.2. The zero-order chi connectivity index (χ0) is 14.2. The lowest BCUT2D eigenvalue weighted by molar-refractivity contribution is 0.106. The molecule has 112 valence electrons. The van der Waals surface area contributed by atoms with Gasteiger partial charge in [-0.1, -0.05) is 0 Å². The van der Waals surface area contributed by atoms with E-state index in [-0.39, 0.29) is 12.4 Å². The van der Waals surface area contributed by atoms with Crippen LogP contribution >= 0.6 is 0 Å². The summed E-state index contributed by atoms with van der Waals surface area (Å²) in [6.45, 7) is 3.30. The highest BCUT2D eigenvalue weighted by Gasteiger charge is 2.14. The molecule has 1 aliphatic heterocycles. The zero-order valence-corrected chi connectivity index (χ0v) is 11.6. The monoisotopic (exact) mass is 283 g/mol. The molecule has 4 nitrogen and oxygen atoms in total. The molecule has 0 bridgehead atoms. The highest BCUT2D eigenvalue weighted by molar-refractivity contribution is 5.22. The number of ether oxygens (including phenoxy) is 2. The maximum absolute atomic E-state index is 12.7. The number of nitrogens with one attached hydrogen (secondary N) is 1. The average Bonchev–Trinajstić information content (AvgIpc) is 2.96. The molecule has 2 unspecified atom stereocenters. The van der Waals surface area contributed by atoms with E-state index in [1.54, 1.807) is 12.1 Å². The molecule has 1 heterocycles. The minimum absolute atomic E-state index is 0.200. The summed E-state index contributed by atoms with van der Waals surface area (Å²) in [6.07, 6.45) is 1.64. The molecule has 0 amide bonds. The van der Waals surface area contributed by atoms with Crippen molar-refractivity contribution in [3.8, 4) is 5.75 Å². The van der Waals surface area contributed by atoms with Gasteiger partial charge < -0.3 is 19.9 Å². The lowest BCUT2D eigenvalue weighted by Gasteiger charge is -2.14. The van der Waals surface area contributed by atoms with E-state index in [4.69, 9.17) is 9.47 Å². The van der Waals surface area contributed by atoms with Gasteiger partial charge in [0, 0.05) is 19.8 Å². The standard InChI is InChI=1S/C15H22FNO3/c16-13-1-3-15(4-2-13)20-11-14(18)9-17-7-5-12-6-8-19-10-12/h1-4,12,14,17-18H,5-11H2.